The van der Waals surface area contributed by atoms with Crippen LogP contribution in [-0.2, 0) is 19.0 Å². The molecule has 1 atom stereocenters. The Bertz CT molecular complexity index is 729. The summed E-state index contributed by atoms with van der Waals surface area (Å²) in [6, 6.07) is 6.77. The lowest BCUT2D eigenvalue weighted by Crippen LogP contribution is -2.51. The molecule has 0 saturated heterocycles. The van der Waals surface area contributed by atoms with Crippen LogP contribution >= 0.6 is 0 Å². The second-order valence-electron chi connectivity index (χ2n) is 9.52. The zero-order valence-corrected chi connectivity index (χ0v) is 21.1. The monoisotopic (exact) mass is 480 g/mol. The van der Waals surface area contributed by atoms with Crippen molar-refractivity contribution >= 4 is 12.0 Å². The maximum Gasteiger partial charge on any atom is 0.408 e. The van der Waals surface area contributed by atoms with Crippen molar-refractivity contribution in [3.05, 3.63) is 24.3 Å². The number of ether oxygens (including phenoxy) is 5. The summed E-state index contributed by atoms with van der Waals surface area (Å²) in [7, 11) is 0. The zero-order chi connectivity index (χ0) is 25.0. The van der Waals surface area contributed by atoms with E-state index >= 15 is 0 Å². The molecule has 34 heavy (non-hydrogen) atoms. The van der Waals surface area contributed by atoms with E-state index in [-0.39, 0.29) is 11.8 Å². The number of carbonyl (C=O) groups is 2. The van der Waals surface area contributed by atoms with Crippen LogP contribution in [0.1, 0.15) is 41.0 Å². The molecule has 9 heteroatoms. The van der Waals surface area contributed by atoms with Crippen molar-refractivity contribution in [1.82, 2.24) is 10.2 Å². The number of hydrogen-bond acceptors (Lipinski definition) is 7. The number of nitrogens with one attached hydrogen (secondary N) is 1. The molecule has 1 aromatic rings. The first-order valence-corrected chi connectivity index (χ1v) is 11.9. The van der Waals surface area contributed by atoms with Gasteiger partial charge in [0.25, 0.3) is 0 Å². The molecule has 1 N–H and O–H groups in total. The summed E-state index contributed by atoms with van der Waals surface area (Å²) in [5, 5.41) is 2.75. The number of carbonyl (C=O) groups excluding carboxylic acids is 2. The lowest BCUT2D eigenvalue weighted by atomic mass is 10.0. The molecule has 0 unspecified atom stereocenters. The van der Waals surface area contributed by atoms with Crippen molar-refractivity contribution in [1.29, 1.82) is 0 Å². The lowest BCUT2D eigenvalue weighted by Gasteiger charge is -2.29. The van der Waals surface area contributed by atoms with Crippen LogP contribution in [0.4, 0.5) is 4.79 Å². The number of alkyl carbamates (subject to hydrolysis) is 1. The Morgan fingerprint density at radius 1 is 0.941 bits per heavy atom. The van der Waals surface area contributed by atoms with Gasteiger partial charge in [-0.1, -0.05) is 26.0 Å². The Kier molecular flexibility index (Phi) is 11.4. The largest absolute Gasteiger partial charge is 0.487 e. The van der Waals surface area contributed by atoms with Crippen LogP contribution in [0.2, 0.25) is 0 Å². The van der Waals surface area contributed by atoms with Crippen LogP contribution < -0.4 is 14.8 Å². The molecule has 0 bridgehead atoms. The first-order valence-electron chi connectivity index (χ1n) is 11.9. The average molecular weight is 481 g/mol. The highest BCUT2D eigenvalue weighted by Gasteiger charge is 2.28. The van der Waals surface area contributed by atoms with Crippen molar-refractivity contribution in [2.45, 2.75) is 52.7 Å². The number of benzene rings is 1. The van der Waals surface area contributed by atoms with Gasteiger partial charge in [0.2, 0.25) is 5.91 Å². The summed E-state index contributed by atoms with van der Waals surface area (Å²) in [6.45, 7) is 12.3. The summed E-state index contributed by atoms with van der Waals surface area (Å²) >= 11 is 0. The van der Waals surface area contributed by atoms with Crippen molar-refractivity contribution in [3.8, 4) is 11.5 Å². The number of para-hydroxylation sites is 2. The fraction of sp³-hybridized carbons (Fsp3) is 0.680. The van der Waals surface area contributed by atoms with E-state index in [1.807, 2.05) is 38.1 Å². The molecule has 0 fully saturated rings. The summed E-state index contributed by atoms with van der Waals surface area (Å²) in [5.74, 6) is 1.33. The van der Waals surface area contributed by atoms with Gasteiger partial charge in [-0.3, -0.25) is 4.79 Å². The molecule has 0 aliphatic carbocycles. The number of rotatable bonds is 4. The molecule has 0 spiro atoms. The van der Waals surface area contributed by atoms with E-state index in [2.05, 4.69) is 5.32 Å². The van der Waals surface area contributed by atoms with Crippen LogP contribution in [0.15, 0.2) is 24.3 Å². The molecule has 0 aromatic heterocycles. The molecule has 2 amide bonds. The fourth-order valence-corrected chi connectivity index (χ4v) is 3.36. The summed E-state index contributed by atoms with van der Waals surface area (Å²) in [4.78, 5) is 27.4. The van der Waals surface area contributed by atoms with Gasteiger partial charge in [-0.05, 0) is 45.2 Å². The second-order valence-corrected chi connectivity index (χ2v) is 9.52. The smallest absolute Gasteiger partial charge is 0.408 e. The van der Waals surface area contributed by atoms with E-state index in [0.717, 1.165) is 0 Å². The van der Waals surface area contributed by atoms with E-state index in [9.17, 15) is 9.59 Å². The van der Waals surface area contributed by atoms with Gasteiger partial charge in [-0.2, -0.15) is 0 Å². The third kappa shape index (κ3) is 10.6. The first-order chi connectivity index (χ1) is 16.2. The van der Waals surface area contributed by atoms with Crippen molar-refractivity contribution < 1.29 is 33.3 Å². The maximum absolute atomic E-state index is 13.4. The average Bonchev–Trinajstić information content (AvgIpc) is 2.75. The zero-order valence-electron chi connectivity index (χ0n) is 21.1. The summed E-state index contributed by atoms with van der Waals surface area (Å²) in [5.41, 5.74) is -0.648. The van der Waals surface area contributed by atoms with Gasteiger partial charge in [-0.15, -0.1) is 0 Å². The SMILES string of the molecule is CC(C)C[C@H](NC(=O)OC(C)(C)C)C(=O)N1CCOCCOc2ccccc2OCCOCC1. The van der Waals surface area contributed by atoms with Crippen LogP contribution in [0, 0.1) is 5.92 Å². The van der Waals surface area contributed by atoms with E-state index in [0.29, 0.717) is 70.7 Å². The normalized spacial score (nSPS) is 17.3. The molecule has 0 radical (unpaired) electrons. The van der Waals surface area contributed by atoms with Crippen LogP contribution in [0.5, 0.6) is 11.5 Å². The molecule has 2 rings (SSSR count). The third-order valence-corrected chi connectivity index (χ3v) is 4.84. The number of amides is 2. The Labute approximate surface area is 203 Å². The van der Waals surface area contributed by atoms with Crippen LogP contribution in [0.3, 0.4) is 0 Å². The molecule has 192 valence electrons. The van der Waals surface area contributed by atoms with E-state index in [1.165, 1.54) is 0 Å². The van der Waals surface area contributed by atoms with Gasteiger partial charge in [0, 0.05) is 13.1 Å². The highest BCUT2D eigenvalue weighted by atomic mass is 16.6. The minimum Gasteiger partial charge on any atom is -0.487 e. The van der Waals surface area contributed by atoms with Gasteiger partial charge >= 0.3 is 6.09 Å². The highest BCUT2D eigenvalue weighted by Crippen LogP contribution is 2.26. The summed E-state index contributed by atoms with van der Waals surface area (Å²) in [6.07, 6.45) is -0.109. The molecule has 1 aliphatic rings. The number of hydrogen-bond donors (Lipinski definition) is 1. The molecular weight excluding hydrogens is 440 g/mol. The maximum atomic E-state index is 13.4. The standard InChI is InChI=1S/C25H40N2O7/c1-19(2)18-20(26-24(29)34-25(3,4)5)23(28)27-10-12-30-14-16-32-21-8-6-7-9-22(21)33-17-15-31-13-11-27/h6-9,19-20H,10-18H2,1-5H3,(H,26,29)/t20-/m0/s1. The Hall–Kier alpha value is -2.52. The Balaban J connectivity index is 2.00. The quantitative estimate of drug-likeness (QED) is 0.707. The van der Waals surface area contributed by atoms with Crippen molar-refractivity contribution in [2.24, 2.45) is 5.92 Å². The highest BCUT2D eigenvalue weighted by molar-refractivity contribution is 5.85. The van der Waals surface area contributed by atoms with Crippen LogP contribution in [-0.4, -0.2) is 81.3 Å². The van der Waals surface area contributed by atoms with Crippen molar-refractivity contribution in [2.75, 3.05) is 52.7 Å². The van der Waals surface area contributed by atoms with Gasteiger partial charge in [0.15, 0.2) is 11.5 Å². The summed E-state index contributed by atoms with van der Waals surface area (Å²) < 4.78 is 28.3. The topological polar surface area (TPSA) is 95.6 Å². The number of fused-ring (bicyclic) bond motifs is 1. The molecule has 1 aromatic carbocycles. The Morgan fingerprint density at radius 2 is 1.47 bits per heavy atom. The lowest BCUT2D eigenvalue weighted by molar-refractivity contribution is -0.135. The van der Waals surface area contributed by atoms with Gasteiger partial charge < -0.3 is 33.9 Å². The predicted octanol–water partition coefficient (Wildman–Crippen LogP) is 3.26. The van der Waals surface area contributed by atoms with Gasteiger partial charge in [0.1, 0.15) is 24.9 Å². The fourth-order valence-electron chi connectivity index (χ4n) is 3.36. The molecule has 1 aliphatic heterocycles. The van der Waals surface area contributed by atoms with Crippen molar-refractivity contribution in [3.63, 3.8) is 0 Å². The van der Waals surface area contributed by atoms with Crippen LogP contribution in [0.25, 0.3) is 0 Å². The predicted molar refractivity (Wildman–Crippen MR) is 128 cm³/mol. The minimum atomic E-state index is -0.696. The van der Waals surface area contributed by atoms with Gasteiger partial charge in [-0.25, -0.2) is 4.79 Å². The number of nitrogens with zero attached hydrogens (tertiary/aromatic N) is 1. The third-order valence-electron chi connectivity index (χ3n) is 4.84. The minimum absolute atomic E-state index is 0.184. The van der Waals surface area contributed by atoms with E-state index in [1.54, 1.807) is 25.7 Å². The van der Waals surface area contributed by atoms with E-state index < -0.39 is 17.7 Å². The van der Waals surface area contributed by atoms with E-state index in [4.69, 9.17) is 23.7 Å². The molecular formula is C25H40N2O7. The molecule has 0 saturated carbocycles. The first kappa shape index (κ1) is 27.7. The van der Waals surface area contributed by atoms with Gasteiger partial charge in [0.05, 0.1) is 26.4 Å². The second kappa shape index (κ2) is 14.0. The molecule has 1 heterocycles. The Morgan fingerprint density at radius 3 is 1.94 bits per heavy atom. The molecule has 9 nitrogen and oxygen atoms in total.